The first-order chi connectivity index (χ1) is 9.92. The van der Waals surface area contributed by atoms with Gasteiger partial charge in [-0.15, -0.1) is 0 Å². The molecule has 0 aliphatic rings. The Balaban J connectivity index is 0.00000115. The first-order valence-corrected chi connectivity index (χ1v) is 6.97. The molecule has 0 N–H and O–H groups in total. The molecule has 0 radical (unpaired) electrons. The summed E-state index contributed by atoms with van der Waals surface area (Å²) in [5.41, 5.74) is 0. The maximum atomic E-state index is 2.31. The number of rotatable bonds is 0. The van der Waals surface area contributed by atoms with E-state index in [9.17, 15) is 0 Å². The molecule has 98 valence electrons. The SMILES string of the molecule is B.c1ccc2c(c1)cc1ccc3cccc4ccc2c1c34. The van der Waals surface area contributed by atoms with Gasteiger partial charge in [0.05, 0.1) is 8.41 Å². The van der Waals surface area contributed by atoms with Crippen LogP contribution in [0.1, 0.15) is 0 Å². The summed E-state index contributed by atoms with van der Waals surface area (Å²) in [7, 11) is 0. The predicted octanol–water partition coefficient (Wildman–Crippen LogP) is 4.55. The molecule has 0 atom stereocenters. The lowest BCUT2D eigenvalue weighted by molar-refractivity contribution is 1.78. The van der Waals surface area contributed by atoms with Gasteiger partial charge in [-0.2, -0.15) is 0 Å². The molecule has 0 spiro atoms. The summed E-state index contributed by atoms with van der Waals surface area (Å²) in [6.07, 6.45) is 0. The molecular weight excluding hydrogens is 251 g/mol. The second kappa shape index (κ2) is 4.23. The smallest absolute Gasteiger partial charge is 0.0616 e. The second-order valence-electron chi connectivity index (χ2n) is 5.45. The number of fused-ring (bicyclic) bond motifs is 2. The molecular formula is C20H15B. The van der Waals surface area contributed by atoms with Crippen molar-refractivity contribution in [3.05, 3.63) is 72.8 Å². The molecule has 0 unspecified atom stereocenters. The monoisotopic (exact) mass is 266 g/mol. The van der Waals surface area contributed by atoms with E-state index in [1.54, 1.807) is 0 Å². The van der Waals surface area contributed by atoms with Gasteiger partial charge in [-0.3, -0.25) is 0 Å². The van der Waals surface area contributed by atoms with Crippen LogP contribution in [0, 0.1) is 0 Å². The van der Waals surface area contributed by atoms with E-state index in [1.165, 1.54) is 43.1 Å². The summed E-state index contributed by atoms with van der Waals surface area (Å²) < 4.78 is 0. The molecule has 0 aromatic heterocycles. The minimum absolute atomic E-state index is 0. The lowest BCUT2D eigenvalue weighted by atomic mass is 9.91. The van der Waals surface area contributed by atoms with E-state index in [2.05, 4.69) is 72.8 Å². The third-order valence-electron chi connectivity index (χ3n) is 4.37. The van der Waals surface area contributed by atoms with E-state index in [0.29, 0.717) is 0 Å². The molecule has 0 bridgehead atoms. The standard InChI is InChI=1S/C20H12.BH3/c1-2-7-17-15(4-1)12-16-9-8-13-5-3-6-14-10-11-18(17)20(16)19(13)14;/h1-12H;1H3. The Morgan fingerprint density at radius 2 is 1.10 bits per heavy atom. The van der Waals surface area contributed by atoms with E-state index in [-0.39, 0.29) is 8.41 Å². The molecule has 0 heterocycles. The van der Waals surface area contributed by atoms with Crippen LogP contribution in [0.3, 0.4) is 0 Å². The normalized spacial score (nSPS) is 11.4. The van der Waals surface area contributed by atoms with E-state index in [1.807, 2.05) is 0 Å². The van der Waals surface area contributed by atoms with Crippen LogP contribution in [0.2, 0.25) is 0 Å². The van der Waals surface area contributed by atoms with E-state index < -0.39 is 0 Å². The fraction of sp³-hybridized carbons (Fsp3) is 0. The van der Waals surface area contributed by atoms with Crippen molar-refractivity contribution in [2.24, 2.45) is 0 Å². The fourth-order valence-electron chi connectivity index (χ4n) is 3.49. The van der Waals surface area contributed by atoms with Crippen molar-refractivity contribution in [2.45, 2.75) is 0 Å². The van der Waals surface area contributed by atoms with Crippen molar-refractivity contribution < 1.29 is 0 Å². The lowest BCUT2D eigenvalue weighted by Gasteiger charge is -2.12. The van der Waals surface area contributed by atoms with Crippen LogP contribution >= 0.6 is 0 Å². The number of hydrogen-bond donors (Lipinski definition) is 0. The zero-order chi connectivity index (χ0) is 13.1. The van der Waals surface area contributed by atoms with E-state index in [4.69, 9.17) is 0 Å². The van der Waals surface area contributed by atoms with Crippen molar-refractivity contribution in [1.82, 2.24) is 0 Å². The van der Waals surface area contributed by atoms with Gasteiger partial charge in [0.25, 0.3) is 0 Å². The minimum Gasteiger partial charge on any atom is -0.0616 e. The van der Waals surface area contributed by atoms with Gasteiger partial charge in [0.15, 0.2) is 0 Å². The van der Waals surface area contributed by atoms with Crippen molar-refractivity contribution in [3.63, 3.8) is 0 Å². The highest BCUT2D eigenvalue weighted by atomic mass is 14.1. The summed E-state index contributed by atoms with van der Waals surface area (Å²) in [4.78, 5) is 0. The van der Waals surface area contributed by atoms with Crippen LogP contribution in [-0.2, 0) is 0 Å². The molecule has 0 saturated heterocycles. The van der Waals surface area contributed by atoms with E-state index >= 15 is 0 Å². The molecule has 1 heteroatoms. The van der Waals surface area contributed by atoms with Crippen LogP contribution < -0.4 is 0 Å². The van der Waals surface area contributed by atoms with Crippen LogP contribution in [0.25, 0.3) is 43.1 Å². The molecule has 5 aromatic rings. The Kier molecular flexibility index (Phi) is 2.46. The second-order valence-corrected chi connectivity index (χ2v) is 5.45. The predicted molar refractivity (Wildman–Crippen MR) is 97.6 cm³/mol. The Bertz CT molecular complexity index is 1080. The summed E-state index contributed by atoms with van der Waals surface area (Å²) in [5, 5.41) is 10.8. The molecule has 5 rings (SSSR count). The van der Waals surface area contributed by atoms with Gasteiger partial charge in [-0.1, -0.05) is 66.7 Å². The molecule has 21 heavy (non-hydrogen) atoms. The highest BCUT2D eigenvalue weighted by molar-refractivity contribution is 6.28. The van der Waals surface area contributed by atoms with Crippen LogP contribution in [0.4, 0.5) is 0 Å². The maximum absolute atomic E-state index is 2.31. The Labute approximate surface area is 124 Å². The molecule has 0 fully saturated rings. The first kappa shape index (κ1) is 12.2. The zero-order valence-electron chi connectivity index (χ0n) is 10.9. The fourth-order valence-corrected chi connectivity index (χ4v) is 3.49. The average molecular weight is 266 g/mol. The summed E-state index contributed by atoms with van der Waals surface area (Å²) in [6.45, 7) is 0. The van der Waals surface area contributed by atoms with Crippen molar-refractivity contribution in [1.29, 1.82) is 0 Å². The molecule has 0 nitrogen and oxygen atoms in total. The highest BCUT2D eigenvalue weighted by Gasteiger charge is 2.09. The van der Waals surface area contributed by atoms with Gasteiger partial charge in [0.2, 0.25) is 0 Å². The molecule has 0 aliphatic heterocycles. The van der Waals surface area contributed by atoms with Crippen molar-refractivity contribution in [2.75, 3.05) is 0 Å². The summed E-state index contributed by atoms with van der Waals surface area (Å²) in [6, 6.07) is 26.5. The Hall–Kier alpha value is -2.54. The Morgan fingerprint density at radius 3 is 1.95 bits per heavy atom. The quantitative estimate of drug-likeness (QED) is 0.219. The third-order valence-corrected chi connectivity index (χ3v) is 4.37. The van der Waals surface area contributed by atoms with Gasteiger partial charge in [0, 0.05) is 0 Å². The largest absolute Gasteiger partial charge is 0.0814 e. The molecule has 0 amide bonds. The van der Waals surface area contributed by atoms with Crippen molar-refractivity contribution >= 4 is 51.5 Å². The molecule has 0 saturated carbocycles. The molecule has 5 aromatic carbocycles. The van der Waals surface area contributed by atoms with Gasteiger partial charge in [-0.05, 0) is 49.2 Å². The topological polar surface area (TPSA) is 0 Å². The summed E-state index contributed by atoms with van der Waals surface area (Å²) in [5.74, 6) is 0. The van der Waals surface area contributed by atoms with Gasteiger partial charge in [-0.25, -0.2) is 0 Å². The average Bonchev–Trinajstić information content (AvgIpc) is 2.52. The Morgan fingerprint density at radius 1 is 0.429 bits per heavy atom. The van der Waals surface area contributed by atoms with E-state index in [0.717, 1.165) is 0 Å². The maximum Gasteiger partial charge on any atom is 0.0814 e. The highest BCUT2D eigenvalue weighted by Crippen LogP contribution is 2.38. The zero-order valence-corrected chi connectivity index (χ0v) is 10.9. The van der Waals surface area contributed by atoms with Crippen LogP contribution in [-0.4, -0.2) is 8.41 Å². The van der Waals surface area contributed by atoms with Gasteiger partial charge in [0.1, 0.15) is 0 Å². The molecule has 0 aliphatic carbocycles. The van der Waals surface area contributed by atoms with Gasteiger partial charge < -0.3 is 0 Å². The third kappa shape index (κ3) is 1.52. The van der Waals surface area contributed by atoms with Crippen LogP contribution in [0.15, 0.2) is 72.8 Å². The van der Waals surface area contributed by atoms with Crippen LogP contribution in [0.5, 0.6) is 0 Å². The number of benzene rings is 5. The minimum atomic E-state index is 0. The lowest BCUT2D eigenvalue weighted by Crippen LogP contribution is -1.85. The van der Waals surface area contributed by atoms with Gasteiger partial charge >= 0.3 is 0 Å². The summed E-state index contributed by atoms with van der Waals surface area (Å²) >= 11 is 0. The first-order valence-electron chi connectivity index (χ1n) is 6.97. The van der Waals surface area contributed by atoms with Crippen molar-refractivity contribution in [3.8, 4) is 0 Å². The number of hydrogen-bond acceptors (Lipinski definition) is 0.